The summed E-state index contributed by atoms with van der Waals surface area (Å²) >= 11 is 11.8. The molecule has 7 heteroatoms. The van der Waals surface area contributed by atoms with Gasteiger partial charge in [0.2, 0.25) is 0 Å². The fourth-order valence-corrected chi connectivity index (χ4v) is 1.58. The highest BCUT2D eigenvalue weighted by atomic mass is 35.5. The topological polar surface area (TPSA) is 75.1 Å². The van der Waals surface area contributed by atoms with Crippen LogP contribution in [0.2, 0.25) is 10.0 Å². The number of benzene rings is 1. The van der Waals surface area contributed by atoms with E-state index in [0.29, 0.717) is 21.6 Å². The second kappa shape index (κ2) is 5.20. The number of carboxylic acids is 1. The molecule has 1 heterocycles. The molecule has 0 spiro atoms. The van der Waals surface area contributed by atoms with Gasteiger partial charge in [-0.05, 0) is 30.3 Å². The van der Waals surface area contributed by atoms with Crippen LogP contribution >= 0.6 is 23.2 Å². The quantitative estimate of drug-likeness (QED) is 0.905. The van der Waals surface area contributed by atoms with Crippen molar-refractivity contribution in [1.82, 2.24) is 10.2 Å². The smallest absolute Gasteiger partial charge is 0.356 e. The molecule has 5 nitrogen and oxygen atoms in total. The van der Waals surface area contributed by atoms with E-state index in [1.54, 1.807) is 18.2 Å². The van der Waals surface area contributed by atoms with E-state index in [1.807, 2.05) is 0 Å². The highest BCUT2D eigenvalue weighted by molar-refractivity contribution is 6.35. The van der Waals surface area contributed by atoms with Crippen LogP contribution < -0.4 is 5.32 Å². The lowest BCUT2D eigenvalue weighted by molar-refractivity contribution is 0.0689. The first kappa shape index (κ1) is 12.6. The van der Waals surface area contributed by atoms with Gasteiger partial charge in [0.15, 0.2) is 11.5 Å². The number of anilines is 2. The average molecular weight is 284 g/mol. The van der Waals surface area contributed by atoms with E-state index in [-0.39, 0.29) is 5.69 Å². The minimum Gasteiger partial charge on any atom is -0.476 e. The predicted octanol–water partition coefficient (Wildman–Crippen LogP) is 3.23. The van der Waals surface area contributed by atoms with Gasteiger partial charge >= 0.3 is 5.97 Å². The Bertz CT molecular complexity index is 587. The normalized spacial score (nSPS) is 10.1. The van der Waals surface area contributed by atoms with Crippen molar-refractivity contribution in [3.05, 3.63) is 46.1 Å². The van der Waals surface area contributed by atoms with Gasteiger partial charge in [-0.1, -0.05) is 23.2 Å². The van der Waals surface area contributed by atoms with Crippen LogP contribution in [-0.4, -0.2) is 21.3 Å². The number of hydrogen-bond donors (Lipinski definition) is 2. The second-order valence-corrected chi connectivity index (χ2v) is 4.20. The number of hydrogen-bond acceptors (Lipinski definition) is 4. The Morgan fingerprint density at radius 3 is 2.56 bits per heavy atom. The Balaban J connectivity index is 2.23. The molecular formula is C11H7Cl2N3O2. The van der Waals surface area contributed by atoms with Crippen LogP contribution in [0, 0.1) is 0 Å². The van der Waals surface area contributed by atoms with Crippen molar-refractivity contribution < 1.29 is 9.90 Å². The Hall–Kier alpha value is -1.85. The zero-order valence-corrected chi connectivity index (χ0v) is 10.4. The molecule has 18 heavy (non-hydrogen) atoms. The summed E-state index contributed by atoms with van der Waals surface area (Å²) < 4.78 is 0. The van der Waals surface area contributed by atoms with Gasteiger partial charge < -0.3 is 10.4 Å². The van der Waals surface area contributed by atoms with E-state index in [1.165, 1.54) is 12.1 Å². The Morgan fingerprint density at radius 1 is 1.17 bits per heavy atom. The number of carboxylic acid groups (broad SMARTS) is 1. The summed E-state index contributed by atoms with van der Waals surface area (Å²) in [6, 6.07) is 7.78. The molecule has 0 bridgehead atoms. The van der Waals surface area contributed by atoms with Crippen LogP contribution in [-0.2, 0) is 0 Å². The fraction of sp³-hybridized carbons (Fsp3) is 0. The molecule has 0 atom stereocenters. The lowest BCUT2D eigenvalue weighted by Crippen LogP contribution is -2.03. The van der Waals surface area contributed by atoms with Crippen LogP contribution in [0.15, 0.2) is 30.3 Å². The molecule has 0 aliphatic heterocycles. The third kappa shape index (κ3) is 2.88. The maximum Gasteiger partial charge on any atom is 0.356 e. The van der Waals surface area contributed by atoms with Gasteiger partial charge in [-0.15, -0.1) is 10.2 Å². The predicted molar refractivity (Wildman–Crippen MR) is 68.7 cm³/mol. The van der Waals surface area contributed by atoms with E-state index < -0.39 is 5.97 Å². The highest BCUT2D eigenvalue weighted by Crippen LogP contribution is 2.27. The van der Waals surface area contributed by atoms with Gasteiger partial charge in [0.25, 0.3) is 0 Å². The second-order valence-electron chi connectivity index (χ2n) is 3.36. The van der Waals surface area contributed by atoms with E-state index in [0.717, 1.165) is 0 Å². The number of halogens is 2. The summed E-state index contributed by atoms with van der Waals surface area (Å²) in [7, 11) is 0. The first-order valence-electron chi connectivity index (χ1n) is 4.85. The van der Waals surface area contributed by atoms with E-state index in [4.69, 9.17) is 28.3 Å². The SMILES string of the molecule is O=C(O)c1ccc(Nc2cc(Cl)ccc2Cl)nn1. The maximum atomic E-state index is 10.6. The van der Waals surface area contributed by atoms with Crippen LogP contribution in [0.1, 0.15) is 10.5 Å². The zero-order chi connectivity index (χ0) is 13.1. The number of nitrogens with zero attached hydrogens (tertiary/aromatic N) is 2. The third-order valence-electron chi connectivity index (χ3n) is 2.07. The summed E-state index contributed by atoms with van der Waals surface area (Å²) in [5.74, 6) is -0.751. The minimum atomic E-state index is -1.13. The lowest BCUT2D eigenvalue weighted by atomic mass is 10.3. The Labute approximate surface area is 112 Å². The average Bonchev–Trinajstić information content (AvgIpc) is 2.34. The van der Waals surface area contributed by atoms with Gasteiger partial charge in [-0.3, -0.25) is 0 Å². The van der Waals surface area contributed by atoms with E-state index in [2.05, 4.69) is 15.5 Å². The van der Waals surface area contributed by atoms with Crippen molar-refractivity contribution in [3.8, 4) is 0 Å². The number of aromatic nitrogens is 2. The maximum absolute atomic E-state index is 10.6. The molecule has 0 aliphatic carbocycles. The Kier molecular flexibility index (Phi) is 3.64. The number of carbonyl (C=O) groups is 1. The van der Waals surface area contributed by atoms with Crippen molar-refractivity contribution in [2.45, 2.75) is 0 Å². The first-order valence-corrected chi connectivity index (χ1v) is 5.61. The third-order valence-corrected chi connectivity index (χ3v) is 2.64. The molecule has 0 amide bonds. The molecule has 0 saturated carbocycles. The molecule has 1 aromatic heterocycles. The van der Waals surface area contributed by atoms with Gasteiger partial charge in [0.1, 0.15) is 0 Å². The largest absolute Gasteiger partial charge is 0.476 e. The number of nitrogens with one attached hydrogen (secondary N) is 1. The molecule has 1 aromatic carbocycles. The molecule has 0 saturated heterocycles. The summed E-state index contributed by atoms with van der Waals surface area (Å²) in [5, 5.41) is 19.8. The standard InChI is InChI=1S/C11H7Cl2N3O2/c12-6-1-2-7(13)9(5-6)14-10-4-3-8(11(17)18)15-16-10/h1-5H,(H,14,16)(H,17,18). The molecule has 0 fully saturated rings. The lowest BCUT2D eigenvalue weighted by Gasteiger charge is -2.07. The van der Waals surface area contributed by atoms with E-state index in [9.17, 15) is 4.79 Å². The molecular weight excluding hydrogens is 277 g/mol. The van der Waals surface area contributed by atoms with Gasteiger partial charge in [0, 0.05) is 5.02 Å². The zero-order valence-electron chi connectivity index (χ0n) is 8.89. The summed E-state index contributed by atoms with van der Waals surface area (Å²) in [6.45, 7) is 0. The van der Waals surface area contributed by atoms with Crippen LogP contribution in [0.3, 0.4) is 0 Å². The number of aromatic carboxylic acids is 1. The molecule has 92 valence electrons. The monoisotopic (exact) mass is 283 g/mol. The summed E-state index contributed by atoms with van der Waals surface area (Å²) in [4.78, 5) is 10.6. The van der Waals surface area contributed by atoms with Crippen molar-refractivity contribution in [2.24, 2.45) is 0 Å². The molecule has 2 aromatic rings. The minimum absolute atomic E-state index is 0.127. The molecule has 2 N–H and O–H groups in total. The van der Waals surface area contributed by atoms with Gasteiger partial charge in [-0.2, -0.15) is 0 Å². The summed E-state index contributed by atoms with van der Waals surface area (Å²) in [5.41, 5.74) is 0.444. The molecule has 0 aliphatic rings. The van der Waals surface area contributed by atoms with Crippen molar-refractivity contribution in [1.29, 1.82) is 0 Å². The van der Waals surface area contributed by atoms with Crippen molar-refractivity contribution in [2.75, 3.05) is 5.32 Å². The molecule has 0 unspecified atom stereocenters. The first-order chi connectivity index (χ1) is 8.56. The molecule has 0 radical (unpaired) electrons. The van der Waals surface area contributed by atoms with Crippen LogP contribution in [0.25, 0.3) is 0 Å². The van der Waals surface area contributed by atoms with E-state index >= 15 is 0 Å². The highest BCUT2D eigenvalue weighted by Gasteiger charge is 2.06. The summed E-state index contributed by atoms with van der Waals surface area (Å²) in [6.07, 6.45) is 0. The molecule has 2 rings (SSSR count). The fourth-order valence-electron chi connectivity index (χ4n) is 1.24. The van der Waals surface area contributed by atoms with Gasteiger partial charge in [0.05, 0.1) is 10.7 Å². The van der Waals surface area contributed by atoms with Crippen LogP contribution in [0.4, 0.5) is 11.5 Å². The van der Waals surface area contributed by atoms with Crippen molar-refractivity contribution >= 4 is 40.7 Å². The number of rotatable bonds is 3. The van der Waals surface area contributed by atoms with Crippen molar-refractivity contribution in [3.63, 3.8) is 0 Å². The van der Waals surface area contributed by atoms with Crippen LogP contribution in [0.5, 0.6) is 0 Å². The van der Waals surface area contributed by atoms with Gasteiger partial charge in [-0.25, -0.2) is 4.79 Å². The Morgan fingerprint density at radius 2 is 1.94 bits per heavy atom.